The Balaban J connectivity index is 1.23. The first-order valence-corrected chi connectivity index (χ1v) is 15.8. The van der Waals surface area contributed by atoms with Gasteiger partial charge in [0.1, 0.15) is 5.82 Å². The van der Waals surface area contributed by atoms with E-state index in [1.54, 1.807) is 0 Å². The fraction of sp³-hybridized carbons (Fsp3) is 0.788. The van der Waals surface area contributed by atoms with Crippen LogP contribution in [0.1, 0.15) is 91.0 Å². The summed E-state index contributed by atoms with van der Waals surface area (Å²) in [5.41, 5.74) is 0.998. The van der Waals surface area contributed by atoms with Crippen molar-refractivity contribution in [3.8, 4) is 0 Å². The number of hydrogen-bond donors (Lipinski definition) is 2. The van der Waals surface area contributed by atoms with Crippen LogP contribution >= 0.6 is 11.6 Å². The van der Waals surface area contributed by atoms with Gasteiger partial charge in [0, 0.05) is 5.02 Å². The summed E-state index contributed by atoms with van der Waals surface area (Å²) in [7, 11) is 0. The van der Waals surface area contributed by atoms with Crippen molar-refractivity contribution in [1.82, 2.24) is 0 Å². The van der Waals surface area contributed by atoms with Crippen molar-refractivity contribution < 1.29 is 24.1 Å². The summed E-state index contributed by atoms with van der Waals surface area (Å²) in [5, 5.41) is 22.6. The number of esters is 1. The smallest absolute Gasteiger partial charge is 0.310 e. The van der Waals surface area contributed by atoms with Gasteiger partial charge in [0.05, 0.1) is 25.2 Å². The highest BCUT2D eigenvalue weighted by Gasteiger charge is 2.64. The van der Waals surface area contributed by atoms with E-state index >= 15 is 0 Å². The van der Waals surface area contributed by atoms with Crippen LogP contribution in [0.5, 0.6) is 0 Å². The number of hydrogen-bond acceptors (Lipinski definition) is 4. The van der Waals surface area contributed by atoms with E-state index in [-0.39, 0.29) is 46.4 Å². The fourth-order valence-corrected chi connectivity index (χ4v) is 10.6. The predicted molar refractivity (Wildman–Crippen MR) is 152 cm³/mol. The van der Waals surface area contributed by atoms with Gasteiger partial charge in [-0.2, -0.15) is 0 Å². The van der Waals surface area contributed by atoms with Gasteiger partial charge in [-0.3, -0.25) is 4.79 Å². The highest BCUT2D eigenvalue weighted by atomic mass is 35.5. The predicted octanol–water partition coefficient (Wildman–Crippen LogP) is 7.22. The highest BCUT2D eigenvalue weighted by molar-refractivity contribution is 6.31. The summed E-state index contributed by atoms with van der Waals surface area (Å²) in [6.45, 7) is 9.88. The molecule has 0 amide bonds. The van der Waals surface area contributed by atoms with Crippen molar-refractivity contribution in [2.45, 2.75) is 104 Å². The molecule has 1 aromatic carbocycles. The number of aliphatic hydroxyl groups is 2. The SMILES string of the molecule is CC[C@H]1[C@@H](O)[C@@H]2[C@H](CC[C@]3(C)[C@@H]([C@H](C)CCOC(=O)Cc4ccc(F)cc4Cl)CC[C@@H]23)[C@@]2(C)CC[C@@H](O)C[C@@H]12. The molecular formula is C33H48ClFO4. The second-order valence-corrected chi connectivity index (χ2v) is 14.4. The zero-order chi connectivity index (χ0) is 28.1. The van der Waals surface area contributed by atoms with Gasteiger partial charge in [0.2, 0.25) is 0 Å². The molecule has 0 aliphatic heterocycles. The second kappa shape index (κ2) is 11.2. The number of aliphatic hydroxyl groups excluding tert-OH is 2. The van der Waals surface area contributed by atoms with E-state index in [0.717, 1.165) is 32.1 Å². The van der Waals surface area contributed by atoms with Gasteiger partial charge < -0.3 is 14.9 Å². The maximum atomic E-state index is 13.3. The third-order valence-electron chi connectivity index (χ3n) is 12.3. The molecule has 218 valence electrons. The van der Waals surface area contributed by atoms with Crippen LogP contribution in [0.3, 0.4) is 0 Å². The van der Waals surface area contributed by atoms with Crippen molar-refractivity contribution in [2.75, 3.05) is 6.61 Å². The van der Waals surface area contributed by atoms with Gasteiger partial charge in [0.25, 0.3) is 0 Å². The lowest BCUT2D eigenvalue weighted by molar-refractivity contribution is -0.203. The van der Waals surface area contributed by atoms with Gasteiger partial charge in [-0.1, -0.05) is 51.8 Å². The fourth-order valence-electron chi connectivity index (χ4n) is 10.4. The average molecular weight is 563 g/mol. The van der Waals surface area contributed by atoms with Crippen LogP contribution in [-0.4, -0.2) is 35.0 Å². The first-order valence-electron chi connectivity index (χ1n) is 15.4. The molecule has 0 spiro atoms. The number of fused-ring (bicyclic) bond motifs is 5. The molecule has 4 aliphatic rings. The van der Waals surface area contributed by atoms with Gasteiger partial charge in [-0.05, 0) is 121 Å². The first-order chi connectivity index (χ1) is 18.5. The van der Waals surface area contributed by atoms with E-state index in [4.69, 9.17) is 16.3 Å². The Labute approximate surface area is 239 Å². The van der Waals surface area contributed by atoms with Gasteiger partial charge in [-0.15, -0.1) is 0 Å². The standard InChI is InChI=1S/C33H48ClFO4/c1-5-23-27-18-22(36)10-13-33(27,4)26-11-14-32(3)24(8-9-25(32)30(26)31(23)38)19(2)12-15-39-29(37)16-20-6-7-21(35)17-28(20)34/h6-7,17,19,22-27,30-31,36,38H,5,8-16,18H2,1-4H3/t19-,22-,23-,24-,25+,26+,27+,30+,31-,32-,33-/m1/s1. The molecule has 0 aromatic heterocycles. The second-order valence-electron chi connectivity index (χ2n) is 14.0. The summed E-state index contributed by atoms with van der Waals surface area (Å²) in [6.07, 6.45) is 8.91. The number of carbonyl (C=O) groups excluding carboxylic acids is 1. The molecule has 4 aliphatic carbocycles. The van der Waals surface area contributed by atoms with Crippen molar-refractivity contribution >= 4 is 17.6 Å². The van der Waals surface area contributed by atoms with E-state index in [2.05, 4.69) is 27.7 Å². The Morgan fingerprint density at radius 1 is 1.10 bits per heavy atom. The molecule has 0 saturated heterocycles. The lowest BCUT2D eigenvalue weighted by Gasteiger charge is -2.64. The Morgan fingerprint density at radius 2 is 1.82 bits per heavy atom. The van der Waals surface area contributed by atoms with E-state index < -0.39 is 5.82 Å². The van der Waals surface area contributed by atoms with Gasteiger partial charge >= 0.3 is 5.97 Å². The van der Waals surface area contributed by atoms with Crippen molar-refractivity contribution in [3.63, 3.8) is 0 Å². The van der Waals surface area contributed by atoms with E-state index in [9.17, 15) is 19.4 Å². The maximum absolute atomic E-state index is 13.3. The molecule has 0 radical (unpaired) electrons. The Kier molecular flexibility index (Phi) is 8.46. The monoisotopic (exact) mass is 562 g/mol. The van der Waals surface area contributed by atoms with Gasteiger partial charge in [-0.25, -0.2) is 4.39 Å². The highest BCUT2D eigenvalue weighted by Crippen LogP contribution is 2.69. The normalized spacial score (nSPS) is 42.3. The third kappa shape index (κ3) is 5.18. The molecule has 11 atom stereocenters. The topological polar surface area (TPSA) is 66.8 Å². The zero-order valence-electron chi connectivity index (χ0n) is 24.2. The van der Waals surface area contributed by atoms with Crippen LogP contribution in [0.2, 0.25) is 5.02 Å². The zero-order valence-corrected chi connectivity index (χ0v) is 24.9. The number of carbonyl (C=O) groups is 1. The van der Waals surface area contributed by atoms with Crippen molar-refractivity contribution in [3.05, 3.63) is 34.6 Å². The van der Waals surface area contributed by atoms with Crippen LogP contribution in [0.25, 0.3) is 0 Å². The van der Waals surface area contributed by atoms with E-state index in [0.29, 0.717) is 47.7 Å². The number of rotatable bonds is 7. The minimum Gasteiger partial charge on any atom is -0.465 e. The van der Waals surface area contributed by atoms with Gasteiger partial charge in [0.15, 0.2) is 0 Å². The third-order valence-corrected chi connectivity index (χ3v) is 12.7. The molecule has 0 unspecified atom stereocenters. The van der Waals surface area contributed by atoms with E-state index in [1.807, 2.05) is 0 Å². The molecule has 1 aromatic rings. The quantitative estimate of drug-likeness (QED) is 0.344. The Morgan fingerprint density at radius 3 is 2.54 bits per heavy atom. The van der Waals surface area contributed by atoms with Crippen LogP contribution in [-0.2, 0) is 16.0 Å². The molecular weight excluding hydrogens is 515 g/mol. The molecule has 4 fully saturated rings. The molecule has 4 saturated carbocycles. The van der Waals surface area contributed by atoms with Crippen molar-refractivity contribution in [2.24, 2.45) is 52.3 Å². The molecule has 5 rings (SSSR count). The number of ether oxygens (including phenoxy) is 1. The summed E-state index contributed by atoms with van der Waals surface area (Å²) in [5.74, 6) is 2.35. The number of halogens is 2. The van der Waals surface area contributed by atoms with Crippen LogP contribution < -0.4 is 0 Å². The Hall–Kier alpha value is -1.17. The molecule has 4 nitrogen and oxygen atoms in total. The Bertz CT molecular complexity index is 1050. The molecule has 39 heavy (non-hydrogen) atoms. The summed E-state index contributed by atoms with van der Waals surface area (Å²) in [4.78, 5) is 12.4. The van der Waals surface area contributed by atoms with Crippen LogP contribution in [0.15, 0.2) is 18.2 Å². The lowest BCUT2D eigenvalue weighted by atomic mass is 9.41. The first kappa shape index (κ1) is 29.3. The summed E-state index contributed by atoms with van der Waals surface area (Å²) >= 11 is 6.08. The average Bonchev–Trinajstić information content (AvgIpc) is 3.24. The van der Waals surface area contributed by atoms with Crippen LogP contribution in [0, 0.1) is 58.1 Å². The minimum atomic E-state index is -0.416. The summed E-state index contributed by atoms with van der Waals surface area (Å²) < 4.78 is 18.9. The molecule has 6 heteroatoms. The van der Waals surface area contributed by atoms with Crippen LogP contribution in [0.4, 0.5) is 4.39 Å². The molecule has 0 heterocycles. The van der Waals surface area contributed by atoms with E-state index in [1.165, 1.54) is 43.9 Å². The molecule has 2 N–H and O–H groups in total. The summed E-state index contributed by atoms with van der Waals surface area (Å²) in [6, 6.07) is 4.08. The maximum Gasteiger partial charge on any atom is 0.310 e. The lowest BCUT2D eigenvalue weighted by Crippen LogP contribution is -2.62. The minimum absolute atomic E-state index is 0.0487. The molecule has 0 bridgehead atoms. The number of benzene rings is 1. The van der Waals surface area contributed by atoms with Crippen molar-refractivity contribution in [1.29, 1.82) is 0 Å². The largest absolute Gasteiger partial charge is 0.465 e.